The number of thioether (sulfide) groups is 1. The predicted molar refractivity (Wildman–Crippen MR) is 39.0 cm³/mol. The van der Waals surface area contributed by atoms with Gasteiger partial charge in [0.15, 0.2) is 0 Å². The van der Waals surface area contributed by atoms with Crippen LogP contribution in [0.1, 0.15) is 6.92 Å². The van der Waals surface area contributed by atoms with Gasteiger partial charge >= 0.3 is 0 Å². The number of carbonyl (C=O) groups is 1. The Bertz CT molecular complexity index is 86.1. The lowest BCUT2D eigenvalue weighted by atomic mass is 10.6. The molecule has 0 radical (unpaired) electrons. The Kier molecular flexibility index (Phi) is 4.81. The molecule has 0 aromatic rings. The summed E-state index contributed by atoms with van der Waals surface area (Å²) >= 11 is 11.4. The highest BCUT2D eigenvalue weighted by Crippen LogP contribution is 2.15. The minimum absolute atomic E-state index is 0.127. The summed E-state index contributed by atoms with van der Waals surface area (Å²) in [6, 6.07) is 0. The van der Waals surface area contributed by atoms with Gasteiger partial charge in [-0.1, -0.05) is 18.7 Å². The van der Waals surface area contributed by atoms with E-state index in [2.05, 4.69) is 0 Å². The number of carbonyl (C=O) groups excluding carboxylic acids is 1. The summed E-state index contributed by atoms with van der Waals surface area (Å²) in [5.41, 5.74) is 0. The van der Waals surface area contributed by atoms with Gasteiger partial charge in [0, 0.05) is 11.1 Å². The van der Waals surface area contributed by atoms with E-state index < -0.39 is 4.57 Å². The number of rotatable bonds is 2. The van der Waals surface area contributed by atoms with E-state index in [1.54, 1.807) is 0 Å². The van der Waals surface area contributed by atoms with Gasteiger partial charge in [-0.2, -0.15) is 0 Å². The third-order valence-electron chi connectivity index (χ3n) is 0.511. The van der Waals surface area contributed by atoms with Crippen molar-refractivity contribution in [1.29, 1.82) is 0 Å². The SMILES string of the molecule is CC(CCl)SC(=O)Cl. The molecule has 0 fully saturated rings. The fourth-order valence-electron chi connectivity index (χ4n) is 0.190. The van der Waals surface area contributed by atoms with Crippen LogP contribution in [-0.4, -0.2) is 15.7 Å². The van der Waals surface area contributed by atoms with Crippen LogP contribution < -0.4 is 0 Å². The Morgan fingerprint density at radius 1 is 1.88 bits per heavy atom. The first-order valence-corrected chi connectivity index (χ1v) is 3.88. The predicted octanol–water partition coefficient (Wildman–Crippen LogP) is 2.71. The van der Waals surface area contributed by atoms with Gasteiger partial charge in [0.1, 0.15) is 0 Å². The van der Waals surface area contributed by atoms with Crippen LogP contribution in [0.15, 0.2) is 0 Å². The quantitative estimate of drug-likeness (QED) is 0.471. The average molecular weight is 173 g/mol. The standard InChI is InChI=1S/C4H6Cl2OS/c1-3(2-5)8-4(6)7/h3H,2H2,1H3. The molecule has 0 aliphatic rings. The van der Waals surface area contributed by atoms with Gasteiger partial charge < -0.3 is 0 Å². The largest absolute Gasteiger partial charge is 0.279 e. The maximum absolute atomic E-state index is 10.1. The smallest absolute Gasteiger partial charge is 0.268 e. The van der Waals surface area contributed by atoms with Crippen molar-refractivity contribution in [3.63, 3.8) is 0 Å². The van der Waals surface area contributed by atoms with Gasteiger partial charge in [0.05, 0.1) is 0 Å². The van der Waals surface area contributed by atoms with Crippen LogP contribution in [0.25, 0.3) is 0 Å². The monoisotopic (exact) mass is 172 g/mol. The molecule has 0 amide bonds. The third-order valence-corrected chi connectivity index (χ3v) is 2.18. The molecular weight excluding hydrogens is 167 g/mol. The summed E-state index contributed by atoms with van der Waals surface area (Å²) in [4.78, 5) is 10.1. The second-order valence-corrected chi connectivity index (χ2v) is 3.61. The van der Waals surface area contributed by atoms with Crippen molar-refractivity contribution in [1.82, 2.24) is 0 Å². The van der Waals surface area contributed by atoms with E-state index in [-0.39, 0.29) is 5.25 Å². The third kappa shape index (κ3) is 4.75. The van der Waals surface area contributed by atoms with Gasteiger partial charge in [-0.25, -0.2) is 0 Å². The van der Waals surface area contributed by atoms with E-state index >= 15 is 0 Å². The minimum atomic E-state index is -0.391. The fourth-order valence-corrected chi connectivity index (χ4v) is 1.21. The summed E-state index contributed by atoms with van der Waals surface area (Å²) in [7, 11) is 0. The van der Waals surface area contributed by atoms with E-state index in [0.29, 0.717) is 5.88 Å². The molecule has 4 heteroatoms. The van der Waals surface area contributed by atoms with Crippen LogP contribution in [0.4, 0.5) is 4.79 Å². The molecule has 0 bridgehead atoms. The summed E-state index contributed by atoms with van der Waals surface area (Å²) in [5, 5.41) is 0.127. The normalized spacial score (nSPS) is 13.4. The van der Waals surface area contributed by atoms with Gasteiger partial charge in [0.25, 0.3) is 4.57 Å². The Balaban J connectivity index is 3.24. The molecule has 1 nitrogen and oxygen atoms in total. The van der Waals surface area contributed by atoms with Gasteiger partial charge in [0.2, 0.25) is 0 Å². The van der Waals surface area contributed by atoms with Crippen molar-refractivity contribution in [2.45, 2.75) is 12.2 Å². The lowest BCUT2D eigenvalue weighted by Crippen LogP contribution is -1.97. The molecule has 0 saturated heterocycles. The van der Waals surface area contributed by atoms with Gasteiger partial charge in [-0.15, -0.1) is 11.6 Å². The zero-order valence-corrected chi connectivity index (χ0v) is 6.69. The first-order valence-electron chi connectivity index (χ1n) is 2.09. The lowest BCUT2D eigenvalue weighted by Gasteiger charge is -1.98. The molecule has 0 heterocycles. The summed E-state index contributed by atoms with van der Waals surface area (Å²) < 4.78 is -0.391. The van der Waals surface area contributed by atoms with E-state index in [0.717, 1.165) is 11.8 Å². The van der Waals surface area contributed by atoms with Crippen molar-refractivity contribution in [3.05, 3.63) is 0 Å². The minimum Gasteiger partial charge on any atom is -0.268 e. The molecule has 0 aromatic carbocycles. The molecule has 1 atom stereocenters. The van der Waals surface area contributed by atoms with Crippen LogP contribution in [0.2, 0.25) is 0 Å². The Morgan fingerprint density at radius 2 is 2.38 bits per heavy atom. The van der Waals surface area contributed by atoms with Crippen molar-refractivity contribution >= 4 is 39.5 Å². The zero-order chi connectivity index (χ0) is 6.57. The second kappa shape index (κ2) is 4.48. The zero-order valence-electron chi connectivity index (χ0n) is 4.36. The fraction of sp³-hybridized carbons (Fsp3) is 0.750. The topological polar surface area (TPSA) is 17.1 Å². The molecule has 0 aliphatic carbocycles. The highest BCUT2D eigenvalue weighted by atomic mass is 35.5. The van der Waals surface area contributed by atoms with Crippen LogP contribution in [0.5, 0.6) is 0 Å². The highest BCUT2D eigenvalue weighted by molar-refractivity contribution is 8.17. The maximum Gasteiger partial charge on any atom is 0.279 e. The molecule has 0 saturated carbocycles. The van der Waals surface area contributed by atoms with Crippen LogP contribution in [0.3, 0.4) is 0 Å². The number of hydrogen-bond donors (Lipinski definition) is 0. The second-order valence-electron chi connectivity index (χ2n) is 1.32. The molecule has 0 N–H and O–H groups in total. The van der Waals surface area contributed by atoms with E-state index in [1.165, 1.54) is 0 Å². The van der Waals surface area contributed by atoms with E-state index in [1.807, 2.05) is 6.92 Å². The maximum atomic E-state index is 10.1. The first-order chi connectivity index (χ1) is 3.66. The van der Waals surface area contributed by atoms with Crippen LogP contribution >= 0.6 is 35.0 Å². The molecule has 48 valence electrons. The summed E-state index contributed by atoms with van der Waals surface area (Å²) in [6.45, 7) is 1.85. The molecule has 8 heavy (non-hydrogen) atoms. The lowest BCUT2D eigenvalue weighted by molar-refractivity contribution is 0.276. The van der Waals surface area contributed by atoms with Gasteiger partial charge in [-0.3, -0.25) is 4.79 Å². The Hall–Kier alpha value is 0.600. The molecule has 0 spiro atoms. The van der Waals surface area contributed by atoms with E-state index in [9.17, 15) is 4.79 Å². The molecule has 0 rings (SSSR count). The van der Waals surface area contributed by atoms with Gasteiger partial charge in [-0.05, 0) is 11.6 Å². The van der Waals surface area contributed by atoms with Crippen molar-refractivity contribution < 1.29 is 4.79 Å². The molecular formula is C4H6Cl2OS. The molecule has 0 aliphatic heterocycles. The van der Waals surface area contributed by atoms with Crippen molar-refractivity contribution in [3.8, 4) is 0 Å². The van der Waals surface area contributed by atoms with Crippen molar-refractivity contribution in [2.75, 3.05) is 5.88 Å². The number of halogens is 2. The Morgan fingerprint density at radius 3 is 2.50 bits per heavy atom. The van der Waals surface area contributed by atoms with Crippen LogP contribution in [0, 0.1) is 0 Å². The summed E-state index contributed by atoms with van der Waals surface area (Å²) in [5.74, 6) is 0.461. The van der Waals surface area contributed by atoms with E-state index in [4.69, 9.17) is 23.2 Å². The highest BCUT2D eigenvalue weighted by Gasteiger charge is 2.03. The van der Waals surface area contributed by atoms with Crippen molar-refractivity contribution in [2.24, 2.45) is 0 Å². The molecule has 1 unspecified atom stereocenters. The molecule has 0 aromatic heterocycles. The van der Waals surface area contributed by atoms with Crippen LogP contribution in [-0.2, 0) is 0 Å². The Labute approximate surface area is 62.7 Å². The summed E-state index contributed by atoms with van der Waals surface area (Å²) in [6.07, 6.45) is 0. The number of alkyl halides is 1. The first kappa shape index (κ1) is 8.60. The average Bonchev–Trinajstić information content (AvgIpc) is 1.65. The number of hydrogen-bond acceptors (Lipinski definition) is 2.